The average molecular weight is 663 g/mol. The highest BCUT2D eigenvalue weighted by Crippen LogP contribution is 2.45. The SMILES string of the molecule is c1ccc(-n2c3ccccc3c3oc4cc(N(c5ccc6c(c5)sc5ccccc56)c5ccc6c(c5)sc5ccccc56)ccc4c32)cc1. The minimum atomic E-state index is 0.869. The smallest absolute Gasteiger partial charge is 0.161 e. The van der Waals surface area contributed by atoms with Gasteiger partial charge in [0.1, 0.15) is 11.1 Å². The van der Waals surface area contributed by atoms with E-state index in [0.717, 1.165) is 55.7 Å². The summed E-state index contributed by atoms with van der Waals surface area (Å²) in [5.41, 5.74) is 8.44. The Hall–Kier alpha value is -5.88. The lowest BCUT2D eigenvalue weighted by atomic mass is 10.1. The zero-order valence-electron chi connectivity index (χ0n) is 26.1. The molecular weight excluding hydrogens is 637 g/mol. The first-order valence-corrected chi connectivity index (χ1v) is 18.1. The van der Waals surface area contributed by atoms with Crippen LogP contribution in [0, 0.1) is 0 Å². The van der Waals surface area contributed by atoms with Gasteiger partial charge in [0.05, 0.1) is 5.52 Å². The molecule has 3 nitrogen and oxygen atoms in total. The molecule has 0 aliphatic carbocycles. The summed E-state index contributed by atoms with van der Waals surface area (Å²) in [5, 5.41) is 7.41. The van der Waals surface area contributed by atoms with Crippen molar-refractivity contribution >= 4 is 113 Å². The molecule has 230 valence electrons. The number of para-hydroxylation sites is 2. The molecule has 0 saturated heterocycles. The quantitative estimate of drug-likeness (QED) is 0.187. The van der Waals surface area contributed by atoms with Crippen molar-refractivity contribution in [2.75, 3.05) is 4.90 Å². The lowest BCUT2D eigenvalue weighted by molar-refractivity contribution is 0.673. The molecule has 0 aliphatic heterocycles. The molecule has 0 N–H and O–H groups in total. The Morgan fingerprint density at radius 1 is 0.429 bits per heavy atom. The largest absolute Gasteiger partial charge is 0.454 e. The molecule has 0 saturated carbocycles. The molecule has 4 heterocycles. The third-order valence-corrected chi connectivity index (χ3v) is 12.0. The van der Waals surface area contributed by atoms with Crippen molar-refractivity contribution in [2.24, 2.45) is 0 Å². The van der Waals surface area contributed by atoms with Crippen molar-refractivity contribution in [1.29, 1.82) is 0 Å². The molecule has 0 unspecified atom stereocenters. The number of hydrogen-bond acceptors (Lipinski definition) is 4. The van der Waals surface area contributed by atoms with Crippen LogP contribution in [0.15, 0.2) is 162 Å². The van der Waals surface area contributed by atoms with E-state index in [1.54, 1.807) is 0 Å². The van der Waals surface area contributed by atoms with Gasteiger partial charge < -0.3 is 13.9 Å². The topological polar surface area (TPSA) is 21.3 Å². The number of fused-ring (bicyclic) bond motifs is 11. The van der Waals surface area contributed by atoms with Crippen LogP contribution < -0.4 is 4.90 Å². The summed E-state index contributed by atoms with van der Waals surface area (Å²) < 4.78 is 14.3. The maximum absolute atomic E-state index is 6.81. The molecule has 0 atom stereocenters. The standard InChI is InChI=1S/C44H26N2OS2/c1-2-10-27(11-3-1)46-37-15-7-4-14-35(37)44-43(46)36-23-20-28(24-38(36)47-44)45(29-18-21-33-31-12-5-8-16-39(31)48-41(33)25-29)30-19-22-34-32-13-6-9-17-40(32)49-42(34)26-30/h1-26H. The summed E-state index contributed by atoms with van der Waals surface area (Å²) in [5.74, 6) is 0. The third kappa shape index (κ3) is 4.00. The normalized spacial score (nSPS) is 12.1. The molecule has 5 heteroatoms. The summed E-state index contributed by atoms with van der Waals surface area (Å²) in [7, 11) is 0. The van der Waals surface area contributed by atoms with Crippen LogP contribution in [0.1, 0.15) is 0 Å². The van der Waals surface area contributed by atoms with Gasteiger partial charge in [-0.3, -0.25) is 0 Å². The predicted molar refractivity (Wildman–Crippen MR) is 211 cm³/mol. The fourth-order valence-corrected chi connectivity index (χ4v) is 9.87. The minimum Gasteiger partial charge on any atom is -0.454 e. The molecular formula is C44H26N2OS2. The maximum Gasteiger partial charge on any atom is 0.161 e. The molecule has 0 bridgehead atoms. The van der Waals surface area contributed by atoms with E-state index in [1.807, 2.05) is 22.7 Å². The van der Waals surface area contributed by atoms with Crippen molar-refractivity contribution in [3.8, 4) is 5.69 Å². The number of aromatic nitrogens is 1. The summed E-state index contributed by atoms with van der Waals surface area (Å²) in [6, 6.07) is 56.9. The molecule has 0 amide bonds. The Bertz CT molecular complexity index is 2960. The van der Waals surface area contributed by atoms with Gasteiger partial charge in [-0.15, -0.1) is 22.7 Å². The Balaban J connectivity index is 1.15. The zero-order chi connectivity index (χ0) is 32.1. The van der Waals surface area contributed by atoms with Gasteiger partial charge in [0.15, 0.2) is 5.58 Å². The number of thiophene rings is 2. The minimum absolute atomic E-state index is 0.869. The summed E-state index contributed by atoms with van der Waals surface area (Å²) >= 11 is 3.70. The Kier molecular flexibility index (Phi) is 5.70. The van der Waals surface area contributed by atoms with E-state index < -0.39 is 0 Å². The lowest BCUT2D eigenvalue weighted by Gasteiger charge is -2.25. The fraction of sp³-hybridized carbons (Fsp3) is 0. The van der Waals surface area contributed by atoms with Crippen molar-refractivity contribution in [2.45, 2.75) is 0 Å². The number of rotatable bonds is 4. The lowest BCUT2D eigenvalue weighted by Crippen LogP contribution is -2.09. The molecule has 4 aromatic heterocycles. The average Bonchev–Trinajstić information content (AvgIpc) is 3.90. The van der Waals surface area contributed by atoms with Crippen LogP contribution in [0.2, 0.25) is 0 Å². The van der Waals surface area contributed by atoms with Crippen molar-refractivity contribution < 1.29 is 4.42 Å². The second kappa shape index (κ2) is 10.3. The van der Waals surface area contributed by atoms with Gasteiger partial charge in [0.25, 0.3) is 0 Å². The van der Waals surface area contributed by atoms with Crippen LogP contribution >= 0.6 is 22.7 Å². The number of benzene rings is 7. The number of nitrogens with zero attached hydrogens (tertiary/aromatic N) is 2. The summed E-state index contributed by atoms with van der Waals surface area (Å²) in [4.78, 5) is 2.38. The fourth-order valence-electron chi connectivity index (χ4n) is 7.60. The van der Waals surface area contributed by atoms with Crippen molar-refractivity contribution in [3.63, 3.8) is 0 Å². The van der Waals surface area contributed by atoms with E-state index in [4.69, 9.17) is 4.42 Å². The van der Waals surface area contributed by atoms with Gasteiger partial charge in [-0.1, -0.05) is 78.9 Å². The van der Waals surface area contributed by atoms with E-state index >= 15 is 0 Å². The first kappa shape index (κ1) is 27.1. The molecule has 11 rings (SSSR count). The highest BCUT2D eigenvalue weighted by atomic mass is 32.1. The number of anilines is 3. The molecule has 0 radical (unpaired) electrons. The van der Waals surface area contributed by atoms with Crippen molar-refractivity contribution in [3.05, 3.63) is 158 Å². The van der Waals surface area contributed by atoms with Crippen LogP contribution in [0.5, 0.6) is 0 Å². The van der Waals surface area contributed by atoms with Gasteiger partial charge in [0, 0.05) is 79.9 Å². The van der Waals surface area contributed by atoms with Gasteiger partial charge >= 0.3 is 0 Å². The van der Waals surface area contributed by atoms with Gasteiger partial charge in [-0.25, -0.2) is 0 Å². The molecule has 0 fully saturated rings. The van der Waals surface area contributed by atoms with E-state index in [0.29, 0.717) is 0 Å². The Morgan fingerprint density at radius 2 is 0.939 bits per heavy atom. The predicted octanol–water partition coefficient (Wildman–Crippen LogP) is 13.7. The molecule has 0 spiro atoms. The van der Waals surface area contributed by atoms with Crippen LogP contribution in [0.3, 0.4) is 0 Å². The van der Waals surface area contributed by atoms with Gasteiger partial charge in [-0.2, -0.15) is 0 Å². The molecule has 11 aromatic rings. The molecule has 7 aromatic carbocycles. The first-order valence-electron chi connectivity index (χ1n) is 16.4. The van der Waals surface area contributed by atoms with E-state index in [1.165, 1.54) is 40.3 Å². The van der Waals surface area contributed by atoms with E-state index in [2.05, 4.69) is 167 Å². The Morgan fingerprint density at radius 3 is 1.59 bits per heavy atom. The number of furan rings is 1. The highest BCUT2D eigenvalue weighted by molar-refractivity contribution is 7.26. The third-order valence-electron chi connectivity index (χ3n) is 9.77. The Labute approximate surface area is 289 Å². The number of hydrogen-bond donors (Lipinski definition) is 0. The zero-order valence-corrected chi connectivity index (χ0v) is 27.8. The van der Waals surface area contributed by atoms with Crippen LogP contribution in [-0.4, -0.2) is 4.57 Å². The summed E-state index contributed by atoms with van der Waals surface area (Å²) in [6.07, 6.45) is 0. The monoisotopic (exact) mass is 662 g/mol. The molecule has 49 heavy (non-hydrogen) atoms. The second-order valence-corrected chi connectivity index (χ2v) is 14.7. The van der Waals surface area contributed by atoms with E-state index in [-0.39, 0.29) is 0 Å². The first-order chi connectivity index (χ1) is 24.3. The van der Waals surface area contributed by atoms with E-state index in [9.17, 15) is 0 Å². The molecule has 0 aliphatic rings. The highest BCUT2D eigenvalue weighted by Gasteiger charge is 2.22. The van der Waals surface area contributed by atoms with Gasteiger partial charge in [0.2, 0.25) is 0 Å². The van der Waals surface area contributed by atoms with Crippen molar-refractivity contribution in [1.82, 2.24) is 4.57 Å². The second-order valence-electron chi connectivity index (χ2n) is 12.5. The maximum atomic E-state index is 6.81. The summed E-state index contributed by atoms with van der Waals surface area (Å²) in [6.45, 7) is 0. The van der Waals surface area contributed by atoms with Gasteiger partial charge in [-0.05, 0) is 72.8 Å². The van der Waals surface area contributed by atoms with Crippen LogP contribution in [0.25, 0.3) is 79.0 Å². The van der Waals surface area contributed by atoms with Crippen LogP contribution in [0.4, 0.5) is 17.1 Å². The van der Waals surface area contributed by atoms with Crippen LogP contribution in [-0.2, 0) is 0 Å².